The van der Waals surface area contributed by atoms with E-state index >= 15 is 0 Å². The van der Waals surface area contributed by atoms with Gasteiger partial charge in [0.1, 0.15) is 12.2 Å². The van der Waals surface area contributed by atoms with Crippen molar-refractivity contribution in [2.45, 2.75) is 165 Å². The van der Waals surface area contributed by atoms with Gasteiger partial charge in [0.05, 0.1) is 6.54 Å². The van der Waals surface area contributed by atoms with Crippen LogP contribution in [0.3, 0.4) is 0 Å². The molecule has 5 rings (SSSR count). The molecule has 0 amide bonds. The van der Waals surface area contributed by atoms with Crippen LogP contribution >= 0.6 is 0 Å². The Morgan fingerprint density at radius 2 is 1.53 bits per heavy atom. The smallest absolute Gasteiger partial charge is 0.302 e. The van der Waals surface area contributed by atoms with Gasteiger partial charge in [0.15, 0.2) is 0 Å². The first-order chi connectivity index (χ1) is 20.9. The predicted octanol–water partition coefficient (Wildman–Crippen LogP) is 9.06. The van der Waals surface area contributed by atoms with Crippen molar-refractivity contribution in [1.29, 1.82) is 0 Å². The molecule has 45 heavy (non-hydrogen) atoms. The van der Waals surface area contributed by atoms with Crippen LogP contribution in [0.2, 0.25) is 0 Å². The van der Waals surface area contributed by atoms with Gasteiger partial charge in [-0.05, 0) is 145 Å². The van der Waals surface area contributed by atoms with E-state index in [1.165, 1.54) is 37.7 Å². The van der Waals surface area contributed by atoms with Gasteiger partial charge in [0.2, 0.25) is 0 Å². The second kappa shape index (κ2) is 12.0. The normalized spacial score (nSPS) is 44.2. The van der Waals surface area contributed by atoms with Gasteiger partial charge in [0, 0.05) is 29.8 Å². The molecule has 5 saturated carbocycles. The monoisotopic (exact) mass is 622 g/mol. The summed E-state index contributed by atoms with van der Waals surface area (Å²) in [6.07, 6.45) is 11.0. The molecule has 0 aromatic rings. The zero-order valence-electron chi connectivity index (χ0n) is 30.9. The summed E-state index contributed by atoms with van der Waals surface area (Å²) in [4.78, 5) is 14.5. The summed E-state index contributed by atoms with van der Waals surface area (Å²) in [5, 5.41) is 12.1. The highest BCUT2D eigenvalue weighted by Gasteiger charge is 2.71. The Bertz CT molecular complexity index is 1200. The van der Waals surface area contributed by atoms with E-state index in [-0.39, 0.29) is 39.1 Å². The second-order valence-corrected chi connectivity index (χ2v) is 18.5. The molecule has 0 radical (unpaired) electrons. The number of carbonyl (C=O) groups is 1. The second-order valence-electron chi connectivity index (χ2n) is 18.5. The molecule has 0 aliphatic heterocycles. The molecule has 0 saturated heterocycles. The summed E-state index contributed by atoms with van der Waals surface area (Å²) in [6, 6.07) is 0.874. The number of fused-ring (bicyclic) bond motifs is 7. The van der Waals surface area contributed by atoms with Crippen molar-refractivity contribution in [3.8, 4) is 11.8 Å². The number of esters is 1. The molecular weight excluding hydrogens is 554 g/mol. The van der Waals surface area contributed by atoms with E-state index in [1.807, 2.05) is 0 Å². The van der Waals surface area contributed by atoms with E-state index in [0.717, 1.165) is 32.1 Å². The van der Waals surface area contributed by atoms with E-state index in [9.17, 15) is 9.90 Å². The molecule has 11 atom stereocenters. The standard InChI is InChI=1S/C41H67NO3/c1-26(2)30-17-22-41(34(44)14-13-25-42(27(3)4)28(5)6)24-23-39(11)31(36(30)41)15-16-33-38(10)20-19-35(45-29(7)43)37(8,9)32(38)18-21-40(33,39)12/h27-28,30-36,44H,1,15-25H2,2-12H3/t30-,31+,32-,33+,34-,35-,36+,38-,39+,40+,41+/m0/s1. The third-order valence-electron chi connectivity index (χ3n) is 15.8. The van der Waals surface area contributed by atoms with E-state index < -0.39 is 6.10 Å². The van der Waals surface area contributed by atoms with Gasteiger partial charge in [-0.25, -0.2) is 0 Å². The van der Waals surface area contributed by atoms with Crippen molar-refractivity contribution in [1.82, 2.24) is 4.90 Å². The van der Waals surface area contributed by atoms with Gasteiger partial charge in [0.25, 0.3) is 0 Å². The number of nitrogens with zero attached hydrogens (tertiary/aromatic N) is 1. The molecule has 5 aliphatic rings. The lowest BCUT2D eigenvalue weighted by Gasteiger charge is -2.73. The highest BCUT2D eigenvalue weighted by atomic mass is 16.5. The summed E-state index contributed by atoms with van der Waals surface area (Å²) in [5.74, 6) is 9.52. The topological polar surface area (TPSA) is 49.8 Å². The summed E-state index contributed by atoms with van der Waals surface area (Å²) in [5.41, 5.74) is 1.90. The Hall–Kier alpha value is -1.31. The van der Waals surface area contributed by atoms with Gasteiger partial charge >= 0.3 is 5.97 Å². The fourth-order valence-corrected chi connectivity index (χ4v) is 13.4. The van der Waals surface area contributed by atoms with Gasteiger partial charge in [-0.1, -0.05) is 58.6 Å². The molecule has 0 spiro atoms. The Morgan fingerprint density at radius 3 is 2.13 bits per heavy atom. The van der Waals surface area contributed by atoms with Crippen molar-refractivity contribution >= 4 is 5.97 Å². The first kappa shape index (κ1) is 35.0. The van der Waals surface area contributed by atoms with Crippen LogP contribution < -0.4 is 0 Å². The summed E-state index contributed by atoms with van der Waals surface area (Å²) in [7, 11) is 0. The molecule has 4 heteroatoms. The zero-order valence-corrected chi connectivity index (χ0v) is 30.9. The van der Waals surface area contributed by atoms with Crippen LogP contribution in [0.25, 0.3) is 0 Å². The van der Waals surface area contributed by atoms with Crippen LogP contribution in [0, 0.1) is 68.5 Å². The van der Waals surface area contributed by atoms with Crippen LogP contribution in [0.5, 0.6) is 0 Å². The molecule has 5 fully saturated rings. The number of carbonyl (C=O) groups excluding carboxylic acids is 1. The van der Waals surface area contributed by atoms with Gasteiger partial charge in [-0.15, -0.1) is 0 Å². The van der Waals surface area contributed by atoms with E-state index in [1.54, 1.807) is 6.92 Å². The number of rotatable bonds is 6. The Morgan fingerprint density at radius 1 is 0.867 bits per heavy atom. The zero-order chi connectivity index (χ0) is 33.3. The van der Waals surface area contributed by atoms with Crippen molar-refractivity contribution < 1.29 is 14.6 Å². The van der Waals surface area contributed by atoms with Crippen molar-refractivity contribution in [2.24, 2.45) is 56.7 Å². The Kier molecular flexibility index (Phi) is 9.32. The van der Waals surface area contributed by atoms with Gasteiger partial charge in [-0.3, -0.25) is 9.69 Å². The molecule has 0 heterocycles. The van der Waals surface area contributed by atoms with Crippen molar-refractivity contribution in [2.75, 3.05) is 6.54 Å². The molecule has 254 valence electrons. The van der Waals surface area contributed by atoms with Crippen LogP contribution in [0.4, 0.5) is 0 Å². The highest BCUT2D eigenvalue weighted by molar-refractivity contribution is 5.66. The van der Waals surface area contributed by atoms with Crippen LogP contribution in [-0.4, -0.2) is 46.8 Å². The third-order valence-corrected chi connectivity index (χ3v) is 15.8. The molecule has 0 aromatic carbocycles. The van der Waals surface area contributed by atoms with E-state index in [4.69, 9.17) is 4.74 Å². The lowest BCUT2D eigenvalue weighted by atomic mass is 9.32. The number of aliphatic hydroxyl groups excluding tert-OH is 1. The highest BCUT2D eigenvalue weighted by Crippen LogP contribution is 2.78. The Balaban J connectivity index is 1.47. The average Bonchev–Trinajstić information content (AvgIpc) is 3.34. The number of hydrogen-bond acceptors (Lipinski definition) is 4. The number of hydrogen-bond donors (Lipinski definition) is 1. The van der Waals surface area contributed by atoms with Crippen molar-refractivity contribution in [3.05, 3.63) is 12.2 Å². The summed E-state index contributed by atoms with van der Waals surface area (Å²) in [6.45, 7) is 30.8. The fraction of sp³-hybridized carbons (Fsp3) is 0.878. The molecule has 1 N–H and O–H groups in total. The molecule has 0 bridgehead atoms. The molecule has 5 aliphatic carbocycles. The summed E-state index contributed by atoms with van der Waals surface area (Å²) >= 11 is 0. The minimum absolute atomic E-state index is 0.0144. The lowest BCUT2D eigenvalue weighted by Crippen LogP contribution is -2.67. The first-order valence-corrected chi connectivity index (χ1v) is 18.6. The quantitative estimate of drug-likeness (QED) is 0.183. The minimum atomic E-state index is -0.575. The number of allylic oxidation sites excluding steroid dienone is 1. The Labute approximate surface area is 276 Å². The maximum Gasteiger partial charge on any atom is 0.302 e. The summed E-state index contributed by atoms with van der Waals surface area (Å²) < 4.78 is 5.96. The van der Waals surface area contributed by atoms with Crippen LogP contribution in [0.1, 0.15) is 140 Å². The van der Waals surface area contributed by atoms with Crippen molar-refractivity contribution in [3.63, 3.8) is 0 Å². The minimum Gasteiger partial charge on any atom is -0.462 e. The third kappa shape index (κ3) is 5.28. The van der Waals surface area contributed by atoms with Crippen LogP contribution in [0.15, 0.2) is 12.2 Å². The lowest BCUT2D eigenvalue weighted by molar-refractivity contribution is -0.253. The average molecular weight is 622 g/mol. The predicted molar refractivity (Wildman–Crippen MR) is 185 cm³/mol. The van der Waals surface area contributed by atoms with E-state index in [0.29, 0.717) is 48.2 Å². The molecule has 0 aromatic heterocycles. The van der Waals surface area contributed by atoms with E-state index in [2.05, 4.69) is 92.6 Å². The molecule has 0 unspecified atom stereocenters. The number of aliphatic hydroxyl groups is 1. The SMILES string of the molecule is C=C(C)[C@@H]1CC[C@]2([C@@H](O)C#CCN(C(C)C)C(C)C)CC[C@]3(C)[C@H](CC[C@@H]4[C@@]5(C)CC[C@H](OC(C)=O)C(C)(C)[C@@H]5CC[C@]43C)[C@@H]12. The van der Waals surface area contributed by atoms with Crippen LogP contribution in [-0.2, 0) is 9.53 Å². The number of ether oxygens (including phenoxy) is 1. The molecular formula is C41H67NO3. The maximum absolute atomic E-state index is 12.1. The fourth-order valence-electron chi connectivity index (χ4n) is 13.4. The van der Waals surface area contributed by atoms with Gasteiger partial charge in [-0.2, -0.15) is 0 Å². The maximum atomic E-state index is 12.1. The first-order valence-electron chi connectivity index (χ1n) is 18.6. The largest absolute Gasteiger partial charge is 0.462 e. The molecule has 4 nitrogen and oxygen atoms in total. The van der Waals surface area contributed by atoms with Gasteiger partial charge < -0.3 is 9.84 Å².